The van der Waals surface area contributed by atoms with Crippen LogP contribution in [0.4, 0.5) is 0 Å². The molecule has 0 saturated carbocycles. The van der Waals surface area contributed by atoms with E-state index >= 15 is 0 Å². The molecule has 0 unspecified atom stereocenters. The van der Waals surface area contributed by atoms with Gasteiger partial charge in [0.15, 0.2) is 0 Å². The zero-order valence-corrected chi connectivity index (χ0v) is 11.3. The largest absolute Gasteiger partial charge is 0.472 e. The molecule has 1 aromatic carbocycles. The highest BCUT2D eigenvalue weighted by Crippen LogP contribution is 2.13. The van der Waals surface area contributed by atoms with E-state index in [2.05, 4.69) is 17.2 Å². The molecule has 0 radical (unpaired) electrons. The highest BCUT2D eigenvalue weighted by atomic mass is 16.3. The van der Waals surface area contributed by atoms with Gasteiger partial charge in [0.25, 0.3) is 5.91 Å². The van der Waals surface area contributed by atoms with Crippen molar-refractivity contribution in [2.75, 3.05) is 6.54 Å². The third kappa shape index (κ3) is 3.28. The molecule has 1 amide bonds. The molecule has 0 aliphatic carbocycles. The minimum atomic E-state index is -0.125. The summed E-state index contributed by atoms with van der Waals surface area (Å²) in [5.74, 6) is 5.64. The predicted molar refractivity (Wildman–Crippen MR) is 77.0 cm³/mol. The number of rotatable bonds is 3. The summed E-state index contributed by atoms with van der Waals surface area (Å²) in [6, 6.07) is 7.30. The predicted octanol–water partition coefficient (Wildman–Crippen LogP) is 1.83. The molecule has 0 saturated heterocycles. The number of nitrogens with two attached hydrogens (primary N) is 1. The maximum Gasteiger partial charge on any atom is 0.251 e. The van der Waals surface area contributed by atoms with Crippen LogP contribution in [0.2, 0.25) is 0 Å². The van der Waals surface area contributed by atoms with Crippen LogP contribution in [-0.4, -0.2) is 12.5 Å². The molecule has 4 heteroatoms. The Morgan fingerprint density at radius 3 is 2.95 bits per heavy atom. The van der Waals surface area contributed by atoms with Gasteiger partial charge in [0, 0.05) is 23.2 Å². The van der Waals surface area contributed by atoms with E-state index in [-0.39, 0.29) is 5.91 Å². The molecule has 3 N–H and O–H groups in total. The molecule has 0 fully saturated rings. The molecule has 0 aliphatic heterocycles. The molecular formula is C16H16N2O2. The summed E-state index contributed by atoms with van der Waals surface area (Å²) in [6.07, 6.45) is 3.19. The smallest absolute Gasteiger partial charge is 0.251 e. The number of hydrogen-bond donors (Lipinski definition) is 2. The number of furan rings is 1. The fraction of sp³-hybridized carbons (Fsp3) is 0.188. The zero-order valence-electron chi connectivity index (χ0n) is 11.3. The summed E-state index contributed by atoms with van der Waals surface area (Å²) in [5, 5.41) is 2.85. The molecule has 0 bridgehead atoms. The summed E-state index contributed by atoms with van der Waals surface area (Å²) in [4.78, 5) is 12.2. The summed E-state index contributed by atoms with van der Waals surface area (Å²) >= 11 is 0. The van der Waals surface area contributed by atoms with Gasteiger partial charge in [-0.05, 0) is 30.7 Å². The van der Waals surface area contributed by atoms with Crippen LogP contribution in [0, 0.1) is 18.8 Å². The first kappa shape index (κ1) is 13.9. The lowest BCUT2D eigenvalue weighted by Crippen LogP contribution is -2.23. The van der Waals surface area contributed by atoms with Crippen LogP contribution >= 0.6 is 0 Å². The molecule has 4 nitrogen and oxygen atoms in total. The first-order valence-electron chi connectivity index (χ1n) is 6.30. The molecular weight excluding hydrogens is 252 g/mol. The van der Waals surface area contributed by atoms with Gasteiger partial charge in [0.1, 0.15) is 0 Å². The van der Waals surface area contributed by atoms with Gasteiger partial charge in [0.2, 0.25) is 0 Å². The third-order valence-corrected chi connectivity index (χ3v) is 2.94. The number of hydrogen-bond acceptors (Lipinski definition) is 3. The summed E-state index contributed by atoms with van der Waals surface area (Å²) in [5.41, 5.74) is 8.60. The monoisotopic (exact) mass is 268 g/mol. The maximum atomic E-state index is 12.2. The average Bonchev–Trinajstić information content (AvgIpc) is 2.97. The molecule has 0 aliphatic rings. The number of amides is 1. The van der Waals surface area contributed by atoms with Gasteiger partial charge < -0.3 is 15.5 Å². The van der Waals surface area contributed by atoms with Crippen LogP contribution in [0.25, 0.3) is 0 Å². The molecule has 102 valence electrons. The van der Waals surface area contributed by atoms with Crippen LogP contribution < -0.4 is 11.1 Å². The second-order valence-corrected chi connectivity index (χ2v) is 4.30. The van der Waals surface area contributed by atoms with Gasteiger partial charge in [-0.2, -0.15) is 0 Å². The number of nitrogens with one attached hydrogen (secondary N) is 1. The van der Waals surface area contributed by atoms with Gasteiger partial charge in [-0.1, -0.05) is 17.9 Å². The normalized spacial score (nSPS) is 9.70. The van der Waals surface area contributed by atoms with Crippen molar-refractivity contribution in [3.05, 3.63) is 59.0 Å². The van der Waals surface area contributed by atoms with E-state index in [1.54, 1.807) is 18.6 Å². The molecule has 2 rings (SSSR count). The number of carbonyl (C=O) groups is 1. The Hall–Kier alpha value is -2.51. The van der Waals surface area contributed by atoms with E-state index in [1.807, 2.05) is 25.1 Å². The molecule has 0 atom stereocenters. The van der Waals surface area contributed by atoms with Crippen molar-refractivity contribution < 1.29 is 9.21 Å². The maximum absolute atomic E-state index is 12.2. The SMILES string of the molecule is Cc1c(C#CCN)cccc1C(=O)NCc1ccoc1. The van der Waals surface area contributed by atoms with Gasteiger partial charge in [0.05, 0.1) is 19.1 Å². The number of benzene rings is 1. The van der Waals surface area contributed by atoms with E-state index in [0.29, 0.717) is 18.7 Å². The van der Waals surface area contributed by atoms with Crippen molar-refractivity contribution >= 4 is 5.91 Å². The van der Waals surface area contributed by atoms with Crippen LogP contribution in [0.1, 0.15) is 27.0 Å². The summed E-state index contributed by atoms with van der Waals surface area (Å²) < 4.78 is 4.96. The second kappa shape index (κ2) is 6.60. The van der Waals surface area contributed by atoms with Crippen molar-refractivity contribution in [2.45, 2.75) is 13.5 Å². The average molecular weight is 268 g/mol. The summed E-state index contributed by atoms with van der Waals surface area (Å²) in [6.45, 7) is 2.62. The van der Waals surface area contributed by atoms with E-state index in [9.17, 15) is 4.79 Å². The Labute approximate surface area is 118 Å². The first-order chi connectivity index (χ1) is 9.72. The molecule has 2 aromatic rings. The minimum Gasteiger partial charge on any atom is -0.472 e. The lowest BCUT2D eigenvalue weighted by molar-refractivity contribution is 0.0950. The second-order valence-electron chi connectivity index (χ2n) is 4.30. The Morgan fingerprint density at radius 1 is 1.40 bits per heavy atom. The van der Waals surface area contributed by atoms with Crippen LogP contribution in [0.5, 0.6) is 0 Å². The summed E-state index contributed by atoms with van der Waals surface area (Å²) in [7, 11) is 0. The van der Waals surface area contributed by atoms with E-state index in [0.717, 1.165) is 16.7 Å². The zero-order chi connectivity index (χ0) is 14.4. The Morgan fingerprint density at radius 2 is 2.25 bits per heavy atom. The standard InChI is InChI=1S/C16H16N2O2/c1-12-14(5-3-8-17)4-2-6-15(12)16(19)18-10-13-7-9-20-11-13/h2,4,6-7,9,11H,8,10,17H2,1H3,(H,18,19). The van der Waals surface area contributed by atoms with Crippen molar-refractivity contribution in [1.82, 2.24) is 5.32 Å². The van der Waals surface area contributed by atoms with Gasteiger partial charge in [-0.15, -0.1) is 0 Å². The lowest BCUT2D eigenvalue weighted by Gasteiger charge is -2.08. The van der Waals surface area contributed by atoms with Crippen LogP contribution in [0.15, 0.2) is 41.2 Å². The topological polar surface area (TPSA) is 68.3 Å². The fourth-order valence-corrected chi connectivity index (χ4v) is 1.83. The van der Waals surface area contributed by atoms with Crippen molar-refractivity contribution in [2.24, 2.45) is 5.73 Å². The molecule has 0 spiro atoms. The van der Waals surface area contributed by atoms with E-state index < -0.39 is 0 Å². The van der Waals surface area contributed by atoms with Gasteiger partial charge >= 0.3 is 0 Å². The van der Waals surface area contributed by atoms with Crippen LogP contribution in [0.3, 0.4) is 0 Å². The Kier molecular flexibility index (Phi) is 4.59. The van der Waals surface area contributed by atoms with Crippen molar-refractivity contribution in [3.8, 4) is 11.8 Å². The van der Waals surface area contributed by atoms with E-state index in [4.69, 9.17) is 10.2 Å². The van der Waals surface area contributed by atoms with Crippen molar-refractivity contribution in [3.63, 3.8) is 0 Å². The first-order valence-corrected chi connectivity index (χ1v) is 6.30. The lowest BCUT2D eigenvalue weighted by atomic mass is 10.0. The third-order valence-electron chi connectivity index (χ3n) is 2.94. The number of carbonyl (C=O) groups excluding carboxylic acids is 1. The molecule has 1 aromatic heterocycles. The highest BCUT2D eigenvalue weighted by molar-refractivity contribution is 5.96. The van der Waals surface area contributed by atoms with Crippen LogP contribution in [-0.2, 0) is 6.54 Å². The Balaban J connectivity index is 2.13. The fourth-order valence-electron chi connectivity index (χ4n) is 1.83. The Bertz CT molecular complexity index is 649. The highest BCUT2D eigenvalue weighted by Gasteiger charge is 2.10. The molecule has 20 heavy (non-hydrogen) atoms. The molecule has 1 heterocycles. The quantitative estimate of drug-likeness (QED) is 0.834. The van der Waals surface area contributed by atoms with Gasteiger partial charge in [-0.3, -0.25) is 4.79 Å². The van der Waals surface area contributed by atoms with E-state index in [1.165, 1.54) is 0 Å². The van der Waals surface area contributed by atoms with Crippen molar-refractivity contribution in [1.29, 1.82) is 0 Å². The minimum absolute atomic E-state index is 0.125. The van der Waals surface area contributed by atoms with Gasteiger partial charge in [-0.25, -0.2) is 0 Å².